The molecule has 0 radical (unpaired) electrons. The summed E-state index contributed by atoms with van der Waals surface area (Å²) < 4.78 is 14.2. The maximum Gasteiger partial charge on any atom is 0.312 e. The molecule has 3 fully saturated rings. The van der Waals surface area contributed by atoms with Gasteiger partial charge < -0.3 is 24.4 Å². The summed E-state index contributed by atoms with van der Waals surface area (Å²) in [4.78, 5) is 45.9. The van der Waals surface area contributed by atoms with Gasteiger partial charge in [0, 0.05) is 6.54 Å². The van der Waals surface area contributed by atoms with E-state index >= 15 is 0 Å². The molecule has 3 unspecified atom stereocenters. The van der Waals surface area contributed by atoms with Gasteiger partial charge in [-0.25, -0.2) is 4.68 Å². The molecule has 43 heavy (non-hydrogen) atoms. The molecule has 7 atom stereocenters. The van der Waals surface area contributed by atoms with E-state index in [2.05, 4.69) is 23.5 Å². The van der Waals surface area contributed by atoms with Gasteiger partial charge in [-0.3, -0.25) is 14.4 Å². The molecule has 232 valence electrons. The van der Waals surface area contributed by atoms with Gasteiger partial charge in [0.2, 0.25) is 11.8 Å². The molecule has 2 bridgehead atoms. The first-order valence-electron chi connectivity index (χ1n) is 15.3. The Morgan fingerprint density at radius 1 is 1.28 bits per heavy atom. The monoisotopic (exact) mass is 593 g/mol. The highest BCUT2D eigenvalue weighted by Gasteiger charge is 2.80. The largest absolute Gasteiger partial charge is 0.465 e. The van der Waals surface area contributed by atoms with Gasteiger partial charge in [0.1, 0.15) is 29.7 Å². The number of aliphatic hydroxyl groups excluding tert-OH is 1. The topological polar surface area (TPSA) is 127 Å². The van der Waals surface area contributed by atoms with Gasteiger partial charge in [-0.15, -0.1) is 18.3 Å². The summed E-state index contributed by atoms with van der Waals surface area (Å²) >= 11 is 0. The van der Waals surface area contributed by atoms with Crippen LogP contribution in [0.4, 0.5) is 0 Å². The Bertz CT molecular complexity index is 1390. The van der Waals surface area contributed by atoms with Crippen molar-refractivity contribution in [1.29, 1.82) is 0 Å². The number of aromatic nitrogens is 3. The number of aliphatic hydroxyl groups is 1. The molecular formula is C32H43N5O6. The number of nitrogens with zero attached hydrogens (tertiary/aromatic N) is 5. The van der Waals surface area contributed by atoms with E-state index in [1.54, 1.807) is 15.7 Å². The molecule has 2 amide bonds. The fourth-order valence-electron chi connectivity index (χ4n) is 7.50. The number of ether oxygens (including phenoxy) is 2. The minimum atomic E-state index is -1.25. The van der Waals surface area contributed by atoms with Crippen LogP contribution >= 0.6 is 0 Å². The first-order chi connectivity index (χ1) is 20.7. The first-order valence-corrected chi connectivity index (χ1v) is 15.3. The third kappa shape index (κ3) is 4.96. The van der Waals surface area contributed by atoms with Gasteiger partial charge in [-0.05, 0) is 57.1 Å². The van der Waals surface area contributed by atoms with Gasteiger partial charge >= 0.3 is 5.97 Å². The normalized spacial score (nSPS) is 30.0. The van der Waals surface area contributed by atoms with Crippen LogP contribution < -0.4 is 0 Å². The van der Waals surface area contributed by atoms with Crippen LogP contribution in [-0.2, 0) is 30.5 Å². The second kappa shape index (κ2) is 12.2. The lowest BCUT2D eigenvalue weighted by molar-refractivity contribution is -0.164. The Labute approximate surface area is 252 Å². The van der Waals surface area contributed by atoms with Crippen molar-refractivity contribution in [3.8, 4) is 0 Å². The number of hydrogen-bond donors (Lipinski definition) is 1. The summed E-state index contributed by atoms with van der Waals surface area (Å²) in [6.45, 7) is 13.5. The molecule has 0 saturated carbocycles. The second-order valence-corrected chi connectivity index (χ2v) is 12.2. The van der Waals surface area contributed by atoms with Crippen molar-refractivity contribution in [2.75, 3.05) is 19.8 Å². The summed E-state index contributed by atoms with van der Waals surface area (Å²) in [5.41, 5.74) is -0.769. The molecule has 1 aromatic carbocycles. The summed E-state index contributed by atoms with van der Waals surface area (Å²) in [6, 6.07) is 5.79. The van der Waals surface area contributed by atoms with E-state index in [1.165, 1.54) is 4.90 Å². The highest BCUT2D eigenvalue weighted by Crippen LogP contribution is 2.65. The fourth-order valence-corrected chi connectivity index (χ4v) is 7.50. The standard InChI is InChI=1S/C32H43N5O6/c1-6-9-10-13-17-42-30(41)26-25-28(39)37(22(8-3)19-38)27(32(25)18-21(4)31(26,5)43-32)29(40)35(16-7-2)20-36-24-15-12-11-14-23(24)33-34-36/h6-7,11-12,14-15,21-22,25-27,38H,1-2,8-10,13,16-20H2,3-5H3/t21?,22-,25-,26-,27?,31+,32?/m0/s1. The fraction of sp³-hybridized carbons (Fsp3) is 0.594. The van der Waals surface area contributed by atoms with E-state index in [4.69, 9.17) is 9.47 Å². The molecule has 3 saturated heterocycles. The second-order valence-electron chi connectivity index (χ2n) is 12.2. The molecule has 11 heteroatoms. The van der Waals surface area contributed by atoms with Crippen molar-refractivity contribution in [2.24, 2.45) is 17.8 Å². The van der Waals surface area contributed by atoms with Crippen molar-refractivity contribution < 1.29 is 29.0 Å². The van der Waals surface area contributed by atoms with Crippen molar-refractivity contribution in [2.45, 2.75) is 82.8 Å². The molecule has 4 heterocycles. The number of unbranched alkanes of at least 4 members (excludes halogenated alkanes) is 2. The summed E-state index contributed by atoms with van der Waals surface area (Å²) in [5, 5.41) is 18.9. The zero-order valence-corrected chi connectivity index (χ0v) is 25.4. The van der Waals surface area contributed by atoms with Crippen molar-refractivity contribution in [1.82, 2.24) is 24.8 Å². The molecule has 11 nitrogen and oxygen atoms in total. The first kappa shape index (κ1) is 30.9. The van der Waals surface area contributed by atoms with Gasteiger partial charge in [-0.2, -0.15) is 0 Å². The van der Waals surface area contributed by atoms with Crippen LogP contribution in [0.25, 0.3) is 11.0 Å². The van der Waals surface area contributed by atoms with Crippen LogP contribution in [0.15, 0.2) is 49.6 Å². The smallest absolute Gasteiger partial charge is 0.312 e. The van der Waals surface area contributed by atoms with E-state index in [0.29, 0.717) is 24.8 Å². The number of benzene rings is 1. The lowest BCUT2D eigenvalue weighted by atomic mass is 9.62. The van der Waals surface area contributed by atoms with Crippen LogP contribution in [0, 0.1) is 17.8 Å². The van der Waals surface area contributed by atoms with Crippen molar-refractivity contribution in [3.63, 3.8) is 0 Å². The highest BCUT2D eigenvalue weighted by atomic mass is 16.6. The van der Waals surface area contributed by atoms with Gasteiger partial charge in [-0.1, -0.05) is 43.3 Å². The van der Waals surface area contributed by atoms with Gasteiger partial charge in [0.25, 0.3) is 0 Å². The van der Waals surface area contributed by atoms with E-state index < -0.39 is 41.1 Å². The Hall–Kier alpha value is -3.57. The quantitative estimate of drug-likeness (QED) is 0.201. The average molecular weight is 594 g/mol. The van der Waals surface area contributed by atoms with Crippen LogP contribution in [0.5, 0.6) is 0 Å². The predicted molar refractivity (Wildman–Crippen MR) is 159 cm³/mol. The predicted octanol–water partition coefficient (Wildman–Crippen LogP) is 3.08. The van der Waals surface area contributed by atoms with Crippen LogP contribution in [-0.4, -0.2) is 90.7 Å². The Morgan fingerprint density at radius 2 is 2.05 bits per heavy atom. The average Bonchev–Trinajstić information content (AvgIpc) is 3.67. The maximum atomic E-state index is 14.7. The number of hydrogen-bond acceptors (Lipinski definition) is 8. The molecule has 2 aromatic rings. The summed E-state index contributed by atoms with van der Waals surface area (Å²) in [6.07, 6.45) is 6.66. The van der Waals surface area contributed by atoms with Crippen LogP contribution in [0.3, 0.4) is 0 Å². The number of para-hydroxylation sites is 1. The van der Waals surface area contributed by atoms with Gasteiger partial charge in [0.05, 0.1) is 36.3 Å². The molecular weight excluding hydrogens is 550 g/mol. The number of amides is 2. The zero-order valence-electron chi connectivity index (χ0n) is 25.4. The summed E-state index contributed by atoms with van der Waals surface area (Å²) in [5.74, 6) is -3.07. The third-order valence-corrected chi connectivity index (χ3v) is 9.75. The number of carbonyl (C=O) groups excluding carboxylic acids is 3. The molecule has 3 aliphatic rings. The van der Waals surface area contributed by atoms with Crippen LogP contribution in [0.1, 0.15) is 52.9 Å². The Morgan fingerprint density at radius 3 is 2.74 bits per heavy atom. The molecule has 0 aliphatic carbocycles. The van der Waals surface area contributed by atoms with Crippen LogP contribution in [0.2, 0.25) is 0 Å². The van der Waals surface area contributed by atoms with E-state index in [-0.39, 0.29) is 44.2 Å². The zero-order chi connectivity index (χ0) is 30.9. The molecule has 3 aliphatic heterocycles. The lowest BCUT2D eigenvalue weighted by Crippen LogP contribution is -2.59. The van der Waals surface area contributed by atoms with E-state index in [9.17, 15) is 19.5 Å². The van der Waals surface area contributed by atoms with Gasteiger partial charge in [0.15, 0.2) is 0 Å². The molecule has 1 spiro atoms. The molecule has 1 aromatic heterocycles. The van der Waals surface area contributed by atoms with E-state index in [0.717, 1.165) is 18.4 Å². The molecule has 5 rings (SSSR count). The highest BCUT2D eigenvalue weighted by molar-refractivity contribution is 5.98. The number of esters is 1. The minimum Gasteiger partial charge on any atom is -0.465 e. The third-order valence-electron chi connectivity index (χ3n) is 9.75. The van der Waals surface area contributed by atoms with Crippen molar-refractivity contribution in [3.05, 3.63) is 49.6 Å². The number of rotatable bonds is 14. The number of fused-ring (bicyclic) bond motifs is 2. The molecule has 1 N–H and O–H groups in total. The number of allylic oxidation sites excluding steroid dienone is 1. The SMILES string of the molecule is C=CCCCCOC(=O)[C@@H]1[C@H]2C(=O)N([C@@H](CC)CO)C(C(=O)N(CC=C)Cn3nnc4ccccc43)C23CC(C)[C@@]1(C)O3. The maximum absolute atomic E-state index is 14.7. The Kier molecular flexibility index (Phi) is 8.76. The minimum absolute atomic E-state index is 0.0730. The summed E-state index contributed by atoms with van der Waals surface area (Å²) in [7, 11) is 0. The lowest BCUT2D eigenvalue weighted by Gasteiger charge is -2.39. The Balaban J connectivity index is 1.52. The van der Waals surface area contributed by atoms with Crippen molar-refractivity contribution >= 4 is 28.8 Å². The number of likely N-dealkylation sites (tertiary alicyclic amines) is 1. The number of carbonyl (C=O) groups is 3. The van der Waals surface area contributed by atoms with E-state index in [1.807, 2.05) is 51.1 Å².